The Kier molecular flexibility index (Phi) is 5.82. The van der Waals surface area contributed by atoms with Gasteiger partial charge in [-0.25, -0.2) is 18.7 Å². The molecule has 0 bridgehead atoms. The van der Waals surface area contributed by atoms with Gasteiger partial charge in [0.2, 0.25) is 0 Å². The minimum atomic E-state index is -2.52. The van der Waals surface area contributed by atoms with E-state index in [1.807, 2.05) is 6.07 Å². The Morgan fingerprint density at radius 1 is 1.00 bits per heavy atom. The highest BCUT2D eigenvalue weighted by Gasteiger charge is 2.18. The molecule has 2 fully saturated rings. The van der Waals surface area contributed by atoms with Crippen molar-refractivity contribution in [1.82, 2.24) is 15.3 Å². The Hall–Kier alpha value is -2.52. The van der Waals surface area contributed by atoms with E-state index in [9.17, 15) is 8.78 Å². The Labute approximate surface area is 162 Å². The van der Waals surface area contributed by atoms with Gasteiger partial charge in [-0.3, -0.25) is 0 Å². The molecule has 2 aromatic heterocycles. The number of halogens is 2. The molecule has 2 aliphatic heterocycles. The van der Waals surface area contributed by atoms with E-state index in [2.05, 4.69) is 31.5 Å². The zero-order valence-corrected chi connectivity index (χ0v) is 15.6. The summed E-state index contributed by atoms with van der Waals surface area (Å²) in [5, 5.41) is 6.52. The molecule has 0 aromatic carbocycles. The highest BCUT2D eigenvalue weighted by Crippen LogP contribution is 2.27. The molecule has 0 saturated carbocycles. The Balaban J connectivity index is 1.60. The highest BCUT2D eigenvalue weighted by molar-refractivity contribution is 5.65. The molecule has 0 amide bonds. The molecule has 0 spiro atoms. The minimum Gasteiger partial charge on any atom is -0.378 e. The first kappa shape index (κ1) is 18.8. The molecular formula is C19H24F2N6O. The summed E-state index contributed by atoms with van der Waals surface area (Å²) in [4.78, 5) is 13.3. The summed E-state index contributed by atoms with van der Waals surface area (Å²) in [7, 11) is 0. The lowest BCUT2D eigenvalue weighted by atomic mass is 10.2. The first-order chi connectivity index (χ1) is 13.7. The third-order valence-electron chi connectivity index (χ3n) is 4.91. The van der Waals surface area contributed by atoms with Crippen LogP contribution < -0.4 is 20.4 Å². The summed E-state index contributed by atoms with van der Waals surface area (Å²) in [6.45, 7) is 6.67. The first-order valence-corrected chi connectivity index (χ1v) is 9.50. The number of nitrogens with zero attached hydrogens (tertiary/aromatic N) is 4. The van der Waals surface area contributed by atoms with Crippen molar-refractivity contribution < 1.29 is 13.5 Å². The normalized spacial score (nSPS) is 17.8. The van der Waals surface area contributed by atoms with Crippen LogP contribution in [0.2, 0.25) is 0 Å². The van der Waals surface area contributed by atoms with E-state index in [4.69, 9.17) is 9.72 Å². The fraction of sp³-hybridized carbons (Fsp3) is 0.474. The summed E-state index contributed by atoms with van der Waals surface area (Å²) >= 11 is 0. The molecule has 150 valence electrons. The molecule has 0 unspecified atom stereocenters. The Morgan fingerprint density at radius 3 is 2.46 bits per heavy atom. The van der Waals surface area contributed by atoms with Crippen LogP contribution in [0, 0.1) is 0 Å². The van der Waals surface area contributed by atoms with Crippen LogP contribution in [0.25, 0.3) is 0 Å². The second-order valence-corrected chi connectivity index (χ2v) is 6.81. The minimum absolute atomic E-state index is 0.0953. The zero-order chi connectivity index (χ0) is 19.3. The van der Waals surface area contributed by atoms with E-state index < -0.39 is 6.43 Å². The molecule has 2 N–H and O–H groups in total. The lowest BCUT2D eigenvalue weighted by Crippen LogP contribution is -2.43. The molecule has 2 aliphatic rings. The van der Waals surface area contributed by atoms with Gasteiger partial charge in [0.25, 0.3) is 6.43 Å². The number of piperazine rings is 1. The van der Waals surface area contributed by atoms with Crippen molar-refractivity contribution in [2.75, 3.05) is 67.6 Å². The lowest BCUT2D eigenvalue weighted by molar-refractivity contribution is 0.122. The van der Waals surface area contributed by atoms with E-state index >= 15 is 0 Å². The van der Waals surface area contributed by atoms with Gasteiger partial charge in [0.1, 0.15) is 17.5 Å². The number of alkyl halides is 2. The van der Waals surface area contributed by atoms with Crippen molar-refractivity contribution in [2.24, 2.45) is 0 Å². The van der Waals surface area contributed by atoms with Gasteiger partial charge in [-0.15, -0.1) is 0 Å². The number of morpholine rings is 1. The summed E-state index contributed by atoms with van der Waals surface area (Å²) < 4.78 is 30.9. The molecule has 28 heavy (non-hydrogen) atoms. The molecule has 4 rings (SSSR count). The van der Waals surface area contributed by atoms with Crippen molar-refractivity contribution in [3.05, 3.63) is 36.0 Å². The average molecular weight is 390 g/mol. The summed E-state index contributed by atoms with van der Waals surface area (Å²) in [6, 6.07) is 7.02. The van der Waals surface area contributed by atoms with Crippen LogP contribution in [0.5, 0.6) is 0 Å². The maximum absolute atomic E-state index is 12.7. The third kappa shape index (κ3) is 4.48. The SMILES string of the molecule is FC(F)c1ccc(Nc2cc(N3CCNCC3)cc(N3CCOCC3)n2)nc1. The van der Waals surface area contributed by atoms with Crippen LogP contribution in [0.15, 0.2) is 30.5 Å². The van der Waals surface area contributed by atoms with Crippen molar-refractivity contribution in [2.45, 2.75) is 6.43 Å². The topological polar surface area (TPSA) is 65.5 Å². The second-order valence-electron chi connectivity index (χ2n) is 6.81. The molecule has 0 atom stereocenters. The number of anilines is 4. The predicted molar refractivity (Wildman–Crippen MR) is 105 cm³/mol. The van der Waals surface area contributed by atoms with Gasteiger partial charge in [0, 0.05) is 68.8 Å². The van der Waals surface area contributed by atoms with Gasteiger partial charge in [0.15, 0.2) is 0 Å². The Morgan fingerprint density at radius 2 is 1.79 bits per heavy atom. The first-order valence-electron chi connectivity index (χ1n) is 9.50. The zero-order valence-electron chi connectivity index (χ0n) is 15.6. The van der Waals surface area contributed by atoms with Crippen LogP contribution in [0.3, 0.4) is 0 Å². The predicted octanol–water partition coefficient (Wildman–Crippen LogP) is 2.40. The van der Waals surface area contributed by atoms with Crippen LogP contribution >= 0.6 is 0 Å². The third-order valence-corrected chi connectivity index (χ3v) is 4.91. The van der Waals surface area contributed by atoms with Gasteiger partial charge in [-0.05, 0) is 12.1 Å². The van der Waals surface area contributed by atoms with Crippen LogP contribution in [0.1, 0.15) is 12.0 Å². The number of pyridine rings is 2. The standard InChI is InChI=1S/C19H24F2N6O/c20-19(21)14-1-2-16(23-13-14)24-17-11-15(26-5-3-22-4-6-26)12-18(25-17)27-7-9-28-10-8-27/h1-2,11-13,19,22H,3-10H2,(H,23,24,25). The van der Waals surface area contributed by atoms with Gasteiger partial charge in [0.05, 0.1) is 13.2 Å². The van der Waals surface area contributed by atoms with Gasteiger partial charge in [-0.2, -0.15) is 0 Å². The van der Waals surface area contributed by atoms with Crippen LogP contribution in [-0.2, 0) is 4.74 Å². The number of hydrogen-bond donors (Lipinski definition) is 2. The molecular weight excluding hydrogens is 366 g/mol. The van der Waals surface area contributed by atoms with Crippen LogP contribution in [0.4, 0.5) is 31.9 Å². The Bertz CT molecular complexity index is 740. The quantitative estimate of drug-likeness (QED) is 0.813. The largest absolute Gasteiger partial charge is 0.378 e. The number of aromatic nitrogens is 2. The van der Waals surface area contributed by atoms with Gasteiger partial charge in [-0.1, -0.05) is 0 Å². The molecule has 2 saturated heterocycles. The van der Waals surface area contributed by atoms with Crippen molar-refractivity contribution in [3.63, 3.8) is 0 Å². The van der Waals surface area contributed by atoms with Crippen molar-refractivity contribution >= 4 is 23.1 Å². The van der Waals surface area contributed by atoms with Gasteiger partial charge < -0.3 is 25.2 Å². The summed E-state index contributed by atoms with van der Waals surface area (Å²) in [5.74, 6) is 2.02. The van der Waals surface area contributed by atoms with Gasteiger partial charge >= 0.3 is 0 Å². The summed E-state index contributed by atoms with van der Waals surface area (Å²) in [6.07, 6.45) is -1.33. The average Bonchev–Trinajstić information content (AvgIpc) is 2.75. The maximum Gasteiger partial charge on any atom is 0.265 e. The fourth-order valence-corrected chi connectivity index (χ4v) is 3.37. The highest BCUT2D eigenvalue weighted by atomic mass is 19.3. The lowest BCUT2D eigenvalue weighted by Gasteiger charge is -2.32. The number of nitrogens with one attached hydrogen (secondary N) is 2. The van der Waals surface area contributed by atoms with Crippen molar-refractivity contribution in [1.29, 1.82) is 0 Å². The van der Waals surface area contributed by atoms with Crippen LogP contribution in [-0.4, -0.2) is 62.5 Å². The molecule has 4 heterocycles. The van der Waals surface area contributed by atoms with Crippen molar-refractivity contribution in [3.8, 4) is 0 Å². The monoisotopic (exact) mass is 390 g/mol. The molecule has 7 nitrogen and oxygen atoms in total. The molecule has 9 heteroatoms. The molecule has 2 aromatic rings. The fourth-order valence-electron chi connectivity index (χ4n) is 3.37. The molecule has 0 radical (unpaired) electrons. The van der Waals surface area contributed by atoms with E-state index in [1.165, 1.54) is 12.3 Å². The van der Waals surface area contributed by atoms with E-state index in [-0.39, 0.29) is 5.56 Å². The molecule has 0 aliphatic carbocycles. The number of hydrogen-bond acceptors (Lipinski definition) is 7. The van der Waals surface area contributed by atoms with E-state index in [1.54, 1.807) is 6.07 Å². The number of ether oxygens (including phenoxy) is 1. The smallest absolute Gasteiger partial charge is 0.265 e. The van der Waals surface area contributed by atoms with E-state index in [0.717, 1.165) is 50.8 Å². The summed E-state index contributed by atoms with van der Waals surface area (Å²) in [5.41, 5.74) is 0.992. The maximum atomic E-state index is 12.7. The van der Waals surface area contributed by atoms with E-state index in [0.29, 0.717) is 24.8 Å². The second kappa shape index (κ2) is 8.66. The number of rotatable bonds is 5.